The summed E-state index contributed by atoms with van der Waals surface area (Å²) in [6, 6.07) is 2.04. The van der Waals surface area contributed by atoms with E-state index in [1.807, 2.05) is 28.1 Å². The van der Waals surface area contributed by atoms with Crippen molar-refractivity contribution in [2.45, 2.75) is 6.42 Å². The van der Waals surface area contributed by atoms with E-state index in [0.29, 0.717) is 0 Å². The van der Waals surface area contributed by atoms with Gasteiger partial charge in [-0.15, -0.1) is 11.3 Å². The summed E-state index contributed by atoms with van der Waals surface area (Å²) in [5.74, 6) is 2.34. The number of aromatic nitrogens is 1. The largest absolute Gasteiger partial charge is 0.337 e. The Morgan fingerprint density at radius 1 is 1.32 bits per heavy atom. The Hall–Kier alpha value is -0.850. The minimum absolute atomic E-state index is 0.140. The standard InChI is InChI=1S/C13H14N2OS3/c16-13(15-3-1-5-17-7-4-15)11-8-14-12(19-11)10-2-6-18-9-10/h2,6,8-9H,1,3-5,7H2. The predicted octanol–water partition coefficient (Wildman–Crippen LogP) is 3.45. The molecule has 2 aromatic heterocycles. The highest BCUT2D eigenvalue weighted by molar-refractivity contribution is 7.99. The third kappa shape index (κ3) is 3.01. The molecule has 0 aromatic carbocycles. The van der Waals surface area contributed by atoms with E-state index in [4.69, 9.17) is 0 Å². The van der Waals surface area contributed by atoms with Crippen molar-refractivity contribution in [1.82, 2.24) is 9.88 Å². The van der Waals surface area contributed by atoms with Crippen LogP contribution in [-0.4, -0.2) is 40.4 Å². The van der Waals surface area contributed by atoms with Gasteiger partial charge in [-0.05, 0) is 23.6 Å². The summed E-state index contributed by atoms with van der Waals surface area (Å²) in [5.41, 5.74) is 1.11. The molecule has 0 radical (unpaired) electrons. The summed E-state index contributed by atoms with van der Waals surface area (Å²) in [4.78, 5) is 19.5. The van der Waals surface area contributed by atoms with Crippen LogP contribution in [0.25, 0.3) is 10.6 Å². The van der Waals surface area contributed by atoms with Crippen LogP contribution in [0.2, 0.25) is 0 Å². The second kappa shape index (κ2) is 6.07. The topological polar surface area (TPSA) is 33.2 Å². The lowest BCUT2D eigenvalue weighted by molar-refractivity contribution is 0.0773. The van der Waals surface area contributed by atoms with Crippen molar-refractivity contribution in [2.24, 2.45) is 0 Å². The van der Waals surface area contributed by atoms with E-state index in [9.17, 15) is 4.79 Å². The van der Waals surface area contributed by atoms with Gasteiger partial charge in [0.2, 0.25) is 0 Å². The molecular weight excluding hydrogens is 296 g/mol. The molecule has 3 nitrogen and oxygen atoms in total. The molecule has 100 valence electrons. The van der Waals surface area contributed by atoms with Gasteiger partial charge in [0, 0.05) is 29.8 Å². The van der Waals surface area contributed by atoms with Gasteiger partial charge in [0.05, 0.1) is 6.20 Å². The Morgan fingerprint density at radius 3 is 3.11 bits per heavy atom. The van der Waals surface area contributed by atoms with Crippen molar-refractivity contribution >= 4 is 40.3 Å². The van der Waals surface area contributed by atoms with E-state index < -0.39 is 0 Å². The molecule has 1 aliphatic heterocycles. The second-order valence-electron chi connectivity index (χ2n) is 4.30. The van der Waals surface area contributed by atoms with Crippen LogP contribution in [0.1, 0.15) is 16.1 Å². The molecule has 0 N–H and O–H groups in total. The lowest BCUT2D eigenvalue weighted by atomic mass is 10.3. The van der Waals surface area contributed by atoms with Gasteiger partial charge < -0.3 is 4.90 Å². The molecule has 1 amide bonds. The van der Waals surface area contributed by atoms with Crippen LogP contribution in [0.4, 0.5) is 0 Å². The molecule has 0 aliphatic carbocycles. The average Bonchev–Trinajstić information content (AvgIpc) is 3.04. The molecule has 3 heterocycles. The fourth-order valence-corrected chi connectivity index (χ4v) is 4.48. The Labute approximate surface area is 124 Å². The molecule has 1 fully saturated rings. The Balaban J connectivity index is 1.76. The number of thiophene rings is 1. The van der Waals surface area contributed by atoms with Crippen LogP contribution in [0.5, 0.6) is 0 Å². The maximum atomic E-state index is 12.4. The lowest BCUT2D eigenvalue weighted by Crippen LogP contribution is -2.32. The Bertz CT molecular complexity index is 542. The molecule has 19 heavy (non-hydrogen) atoms. The summed E-state index contributed by atoms with van der Waals surface area (Å²) in [6.07, 6.45) is 2.81. The number of rotatable bonds is 2. The molecule has 1 saturated heterocycles. The highest BCUT2D eigenvalue weighted by atomic mass is 32.2. The van der Waals surface area contributed by atoms with Crippen molar-refractivity contribution < 1.29 is 4.79 Å². The van der Waals surface area contributed by atoms with Gasteiger partial charge in [-0.1, -0.05) is 0 Å². The average molecular weight is 310 g/mol. The summed E-state index contributed by atoms with van der Waals surface area (Å²) < 4.78 is 0. The SMILES string of the molecule is O=C(c1cnc(-c2ccsc2)s1)N1CCCSCC1. The minimum atomic E-state index is 0.140. The maximum Gasteiger partial charge on any atom is 0.265 e. The minimum Gasteiger partial charge on any atom is -0.337 e. The molecule has 0 unspecified atom stereocenters. The van der Waals surface area contributed by atoms with E-state index >= 15 is 0 Å². The zero-order valence-corrected chi connectivity index (χ0v) is 12.8. The highest BCUT2D eigenvalue weighted by Gasteiger charge is 2.20. The lowest BCUT2D eigenvalue weighted by Gasteiger charge is -2.18. The van der Waals surface area contributed by atoms with E-state index in [1.165, 1.54) is 11.3 Å². The van der Waals surface area contributed by atoms with E-state index in [-0.39, 0.29) is 5.91 Å². The first-order chi connectivity index (χ1) is 9.34. The summed E-state index contributed by atoms with van der Waals surface area (Å²) in [6.45, 7) is 1.73. The van der Waals surface area contributed by atoms with E-state index in [2.05, 4.69) is 10.4 Å². The number of hydrogen-bond donors (Lipinski definition) is 0. The van der Waals surface area contributed by atoms with Crippen molar-refractivity contribution in [1.29, 1.82) is 0 Å². The van der Waals surface area contributed by atoms with Crippen molar-refractivity contribution in [3.05, 3.63) is 27.9 Å². The van der Waals surface area contributed by atoms with Gasteiger partial charge in [0.1, 0.15) is 9.88 Å². The normalized spacial score (nSPS) is 16.3. The van der Waals surface area contributed by atoms with Crippen molar-refractivity contribution in [2.75, 3.05) is 24.6 Å². The van der Waals surface area contributed by atoms with Gasteiger partial charge in [0.25, 0.3) is 5.91 Å². The number of carbonyl (C=O) groups is 1. The summed E-state index contributed by atoms with van der Waals surface area (Å²) in [7, 11) is 0. The zero-order chi connectivity index (χ0) is 13.1. The third-order valence-electron chi connectivity index (χ3n) is 2.99. The van der Waals surface area contributed by atoms with Crippen LogP contribution >= 0.6 is 34.4 Å². The zero-order valence-electron chi connectivity index (χ0n) is 10.4. The van der Waals surface area contributed by atoms with Crippen molar-refractivity contribution in [3.8, 4) is 10.6 Å². The molecule has 6 heteroatoms. The van der Waals surface area contributed by atoms with Gasteiger partial charge in [-0.2, -0.15) is 23.1 Å². The Morgan fingerprint density at radius 2 is 2.26 bits per heavy atom. The quantitative estimate of drug-likeness (QED) is 0.852. The first kappa shape index (κ1) is 13.1. The predicted molar refractivity (Wildman–Crippen MR) is 83.3 cm³/mol. The molecule has 3 rings (SSSR count). The highest BCUT2D eigenvalue weighted by Crippen LogP contribution is 2.28. The molecular formula is C13H14N2OS3. The number of nitrogens with zero attached hydrogens (tertiary/aromatic N) is 2. The maximum absolute atomic E-state index is 12.4. The number of hydrogen-bond acceptors (Lipinski definition) is 5. The summed E-state index contributed by atoms with van der Waals surface area (Å²) in [5, 5.41) is 5.04. The number of thioether (sulfide) groups is 1. The Kier molecular flexibility index (Phi) is 4.20. The van der Waals surface area contributed by atoms with Crippen molar-refractivity contribution in [3.63, 3.8) is 0 Å². The van der Waals surface area contributed by atoms with Crippen LogP contribution in [0.3, 0.4) is 0 Å². The third-order valence-corrected chi connectivity index (χ3v) is 5.76. The van der Waals surface area contributed by atoms with Gasteiger partial charge in [-0.3, -0.25) is 4.79 Å². The van der Waals surface area contributed by atoms with Gasteiger partial charge in [-0.25, -0.2) is 4.98 Å². The molecule has 0 atom stereocenters. The molecule has 0 saturated carbocycles. The molecule has 0 spiro atoms. The first-order valence-electron chi connectivity index (χ1n) is 6.20. The smallest absolute Gasteiger partial charge is 0.265 e. The van der Waals surface area contributed by atoms with E-state index in [1.54, 1.807) is 17.5 Å². The summed E-state index contributed by atoms with van der Waals surface area (Å²) >= 11 is 5.08. The first-order valence-corrected chi connectivity index (χ1v) is 9.11. The number of carbonyl (C=O) groups excluding carboxylic acids is 1. The van der Waals surface area contributed by atoms with Gasteiger partial charge in [0.15, 0.2) is 0 Å². The monoisotopic (exact) mass is 310 g/mol. The molecule has 1 aliphatic rings. The van der Waals surface area contributed by atoms with Crippen LogP contribution in [0.15, 0.2) is 23.0 Å². The van der Waals surface area contributed by atoms with Crippen LogP contribution in [-0.2, 0) is 0 Å². The number of thiazole rings is 1. The fourth-order valence-electron chi connectivity index (χ4n) is 2.00. The molecule has 0 bridgehead atoms. The van der Waals surface area contributed by atoms with E-state index in [0.717, 1.165) is 46.5 Å². The number of amides is 1. The van der Waals surface area contributed by atoms with Crippen LogP contribution < -0.4 is 0 Å². The molecule has 2 aromatic rings. The second-order valence-corrected chi connectivity index (χ2v) is 7.34. The van der Waals surface area contributed by atoms with Crippen LogP contribution in [0, 0.1) is 0 Å². The fraction of sp³-hybridized carbons (Fsp3) is 0.385. The van der Waals surface area contributed by atoms with Gasteiger partial charge >= 0.3 is 0 Å².